The van der Waals surface area contributed by atoms with Crippen LogP contribution in [0.25, 0.3) is 0 Å². The fourth-order valence-electron chi connectivity index (χ4n) is 4.39. The number of nitrogens with two attached hydrogens (primary N) is 1. The van der Waals surface area contributed by atoms with Crippen molar-refractivity contribution in [3.8, 4) is 17.6 Å². The normalized spacial score (nSPS) is 18.6. The molecule has 0 saturated carbocycles. The van der Waals surface area contributed by atoms with Gasteiger partial charge in [-0.2, -0.15) is 5.26 Å². The molecule has 0 spiro atoms. The molecule has 2 heterocycles. The van der Waals surface area contributed by atoms with Crippen LogP contribution in [0, 0.1) is 11.3 Å². The molecule has 2 aromatic rings. The lowest BCUT2D eigenvalue weighted by Crippen LogP contribution is -2.40. The minimum absolute atomic E-state index is 0.00902. The predicted molar refractivity (Wildman–Crippen MR) is 139 cm³/mol. The molecule has 11 heteroatoms. The third-order valence-corrected chi connectivity index (χ3v) is 7.55. The SMILES string of the molecule is COC(=O)CC1SC2=C(C(=O)NCc3ccccc3)C(c3ccc(OC)cc3OC)C(C#N)=C(N)N2C1=O. The molecule has 3 N–H and O–H groups in total. The molecule has 2 aliphatic heterocycles. The number of benzene rings is 2. The predicted octanol–water partition coefficient (Wildman–Crippen LogP) is 2.53. The smallest absolute Gasteiger partial charge is 0.307 e. The lowest BCUT2D eigenvalue weighted by atomic mass is 9.82. The van der Waals surface area contributed by atoms with E-state index in [1.807, 2.05) is 30.3 Å². The minimum atomic E-state index is -0.944. The number of hydrogen-bond acceptors (Lipinski definition) is 9. The molecule has 38 heavy (non-hydrogen) atoms. The van der Waals surface area contributed by atoms with E-state index in [0.717, 1.165) is 22.2 Å². The Balaban J connectivity index is 1.87. The third kappa shape index (κ3) is 4.90. The molecule has 2 unspecified atom stereocenters. The Bertz CT molecular complexity index is 1380. The van der Waals surface area contributed by atoms with E-state index in [-0.39, 0.29) is 35.0 Å². The van der Waals surface area contributed by atoms with E-state index in [1.54, 1.807) is 18.2 Å². The molecular weight excluding hydrogens is 508 g/mol. The lowest BCUT2D eigenvalue weighted by molar-refractivity contribution is -0.142. The molecule has 0 aliphatic carbocycles. The lowest BCUT2D eigenvalue weighted by Gasteiger charge is -2.32. The number of thioether (sulfide) groups is 1. The van der Waals surface area contributed by atoms with Crippen LogP contribution in [0.1, 0.15) is 23.5 Å². The summed E-state index contributed by atoms with van der Waals surface area (Å²) in [5.74, 6) is -1.73. The Kier molecular flexibility index (Phi) is 7.93. The van der Waals surface area contributed by atoms with E-state index in [9.17, 15) is 19.6 Å². The van der Waals surface area contributed by atoms with Crippen LogP contribution in [0.15, 0.2) is 70.5 Å². The van der Waals surface area contributed by atoms with Crippen LogP contribution in [-0.4, -0.2) is 49.3 Å². The highest BCUT2D eigenvalue weighted by Gasteiger charge is 2.49. The van der Waals surface area contributed by atoms with Gasteiger partial charge in [0.2, 0.25) is 5.91 Å². The summed E-state index contributed by atoms with van der Waals surface area (Å²) in [4.78, 5) is 40.3. The first-order chi connectivity index (χ1) is 18.3. The highest BCUT2D eigenvalue weighted by Crippen LogP contribution is 2.51. The Morgan fingerprint density at radius 1 is 1.13 bits per heavy atom. The number of ether oxygens (including phenoxy) is 3. The maximum atomic E-state index is 13.8. The Morgan fingerprint density at radius 3 is 2.50 bits per heavy atom. The number of carbonyl (C=O) groups is 3. The molecule has 2 aromatic carbocycles. The van der Waals surface area contributed by atoms with E-state index in [2.05, 4.69) is 11.4 Å². The summed E-state index contributed by atoms with van der Waals surface area (Å²) in [5.41, 5.74) is 7.92. The number of nitriles is 1. The second-order valence-corrected chi connectivity index (χ2v) is 9.59. The largest absolute Gasteiger partial charge is 0.497 e. The number of allylic oxidation sites excluding steroid dienone is 1. The van der Waals surface area contributed by atoms with Crippen LogP contribution in [0.2, 0.25) is 0 Å². The van der Waals surface area contributed by atoms with Gasteiger partial charge < -0.3 is 25.3 Å². The molecule has 2 aliphatic rings. The molecule has 0 radical (unpaired) electrons. The van der Waals surface area contributed by atoms with Crippen molar-refractivity contribution in [1.29, 1.82) is 5.26 Å². The molecule has 10 nitrogen and oxygen atoms in total. The van der Waals surface area contributed by atoms with Crippen LogP contribution >= 0.6 is 11.8 Å². The average molecular weight is 535 g/mol. The van der Waals surface area contributed by atoms with Gasteiger partial charge in [0, 0.05) is 18.2 Å². The fourth-order valence-corrected chi connectivity index (χ4v) is 5.71. The van der Waals surface area contributed by atoms with Gasteiger partial charge in [0.1, 0.15) is 22.6 Å². The van der Waals surface area contributed by atoms with Crippen molar-refractivity contribution in [1.82, 2.24) is 10.2 Å². The van der Waals surface area contributed by atoms with Crippen LogP contribution in [0.3, 0.4) is 0 Å². The zero-order valence-corrected chi connectivity index (χ0v) is 21.8. The Hall–Kier alpha value is -4.43. The van der Waals surface area contributed by atoms with E-state index in [4.69, 9.17) is 19.9 Å². The summed E-state index contributed by atoms with van der Waals surface area (Å²) in [7, 11) is 4.21. The van der Waals surface area contributed by atoms with Gasteiger partial charge in [-0.25, -0.2) is 0 Å². The van der Waals surface area contributed by atoms with E-state index >= 15 is 0 Å². The molecular formula is C27H26N4O6S. The second-order valence-electron chi connectivity index (χ2n) is 8.40. The van der Waals surface area contributed by atoms with Gasteiger partial charge >= 0.3 is 5.97 Å². The van der Waals surface area contributed by atoms with Crippen LogP contribution in [-0.2, 0) is 25.7 Å². The summed E-state index contributed by atoms with van der Waals surface area (Å²) in [5, 5.41) is 12.5. The van der Waals surface area contributed by atoms with Crippen molar-refractivity contribution in [2.24, 2.45) is 5.73 Å². The summed E-state index contributed by atoms with van der Waals surface area (Å²) in [6, 6.07) is 16.5. The van der Waals surface area contributed by atoms with Gasteiger partial charge in [-0.3, -0.25) is 19.3 Å². The number of carbonyl (C=O) groups excluding carboxylic acids is 3. The van der Waals surface area contributed by atoms with E-state index < -0.39 is 29.0 Å². The monoisotopic (exact) mass is 534 g/mol. The maximum Gasteiger partial charge on any atom is 0.307 e. The molecule has 2 atom stereocenters. The number of hydrogen-bond donors (Lipinski definition) is 2. The topological polar surface area (TPSA) is 144 Å². The summed E-state index contributed by atoms with van der Waals surface area (Å²) in [6.45, 7) is 0.216. The number of rotatable bonds is 8. The Labute approximate surface area is 224 Å². The standard InChI is InChI=1S/C27H26N4O6S/c1-35-16-9-10-17(19(11-16)36-2)22-18(13-28)24(29)31-26(34)20(12-21(32)37-3)38-27(31)23(22)25(33)30-14-15-7-5-4-6-8-15/h4-11,20,22H,12,14,29H2,1-3H3,(H,30,33). The zero-order chi connectivity index (χ0) is 27.4. The van der Waals surface area contributed by atoms with Gasteiger partial charge in [-0.05, 0) is 11.6 Å². The fraction of sp³-hybridized carbons (Fsp3) is 0.259. The minimum Gasteiger partial charge on any atom is -0.497 e. The number of amides is 2. The number of methoxy groups -OCH3 is 3. The van der Waals surface area contributed by atoms with Gasteiger partial charge in [-0.15, -0.1) is 0 Å². The number of nitrogens with zero attached hydrogens (tertiary/aromatic N) is 2. The first kappa shape index (κ1) is 26.6. The van der Waals surface area contributed by atoms with Crippen molar-refractivity contribution in [3.05, 3.63) is 81.7 Å². The molecule has 0 bridgehead atoms. The van der Waals surface area contributed by atoms with Gasteiger partial charge in [0.15, 0.2) is 0 Å². The quantitative estimate of drug-likeness (QED) is 0.488. The number of fused-ring (bicyclic) bond motifs is 1. The third-order valence-electron chi connectivity index (χ3n) is 6.27. The van der Waals surface area contributed by atoms with Crippen molar-refractivity contribution in [3.63, 3.8) is 0 Å². The molecule has 0 aromatic heterocycles. The molecule has 196 valence electrons. The first-order valence-electron chi connectivity index (χ1n) is 11.6. The summed E-state index contributed by atoms with van der Waals surface area (Å²) in [6.07, 6.45) is -0.218. The van der Waals surface area contributed by atoms with Crippen molar-refractivity contribution < 1.29 is 28.6 Å². The van der Waals surface area contributed by atoms with Crippen LogP contribution in [0.5, 0.6) is 11.5 Å². The number of esters is 1. The Morgan fingerprint density at radius 2 is 1.87 bits per heavy atom. The maximum absolute atomic E-state index is 13.8. The van der Waals surface area contributed by atoms with Crippen LogP contribution < -0.4 is 20.5 Å². The van der Waals surface area contributed by atoms with Crippen molar-refractivity contribution in [2.75, 3.05) is 21.3 Å². The highest BCUT2D eigenvalue weighted by molar-refractivity contribution is 8.04. The van der Waals surface area contributed by atoms with E-state index in [1.165, 1.54) is 21.3 Å². The van der Waals surface area contributed by atoms with Gasteiger partial charge in [-0.1, -0.05) is 48.2 Å². The first-order valence-corrected chi connectivity index (χ1v) is 12.5. The summed E-state index contributed by atoms with van der Waals surface area (Å²) < 4.78 is 15.6. The molecule has 2 amide bonds. The van der Waals surface area contributed by atoms with Gasteiger partial charge in [0.05, 0.1) is 55.9 Å². The van der Waals surface area contributed by atoms with Crippen molar-refractivity contribution in [2.45, 2.75) is 24.1 Å². The molecule has 4 rings (SSSR count). The number of nitrogens with one attached hydrogen (secondary N) is 1. The van der Waals surface area contributed by atoms with Gasteiger partial charge in [0.25, 0.3) is 5.91 Å². The second kappa shape index (κ2) is 11.3. The van der Waals surface area contributed by atoms with Crippen LogP contribution in [0.4, 0.5) is 0 Å². The van der Waals surface area contributed by atoms with Crippen molar-refractivity contribution >= 4 is 29.5 Å². The molecule has 1 fully saturated rings. The molecule has 1 saturated heterocycles. The average Bonchev–Trinajstić information content (AvgIpc) is 3.26. The van der Waals surface area contributed by atoms with E-state index in [0.29, 0.717) is 17.1 Å². The zero-order valence-electron chi connectivity index (χ0n) is 21.0. The summed E-state index contributed by atoms with van der Waals surface area (Å²) >= 11 is 1.05. The highest BCUT2D eigenvalue weighted by atomic mass is 32.2.